The Hall–Kier alpha value is -3.18. The van der Waals surface area contributed by atoms with Gasteiger partial charge in [-0.15, -0.1) is 9.90 Å². The largest absolute Gasteiger partial charge is 0.479 e. The van der Waals surface area contributed by atoms with E-state index in [1.54, 1.807) is 0 Å². The first-order chi connectivity index (χ1) is 14.0. The Morgan fingerprint density at radius 2 is 2.03 bits per heavy atom. The maximum atomic E-state index is 13.3. The third kappa shape index (κ3) is 3.15. The molecule has 5 rings (SSSR count). The highest BCUT2D eigenvalue weighted by molar-refractivity contribution is 5.96. The van der Waals surface area contributed by atoms with Gasteiger partial charge in [0, 0.05) is 18.2 Å². The number of halogens is 4. The van der Waals surface area contributed by atoms with Crippen LogP contribution in [0, 0.1) is 11.9 Å². The van der Waals surface area contributed by atoms with Crippen LogP contribution >= 0.6 is 0 Å². The van der Waals surface area contributed by atoms with Crippen molar-refractivity contribution in [1.82, 2.24) is 19.9 Å². The minimum Gasteiger partial charge on any atom is -0.479 e. The van der Waals surface area contributed by atoms with Crippen molar-refractivity contribution < 1.29 is 32.3 Å². The molecule has 160 valence electrons. The number of anilines is 1. The number of carboxylic acid groups (broad SMARTS) is 1. The summed E-state index contributed by atoms with van der Waals surface area (Å²) in [5.74, 6) is -2.03. The van der Waals surface area contributed by atoms with Crippen LogP contribution in [0.1, 0.15) is 31.7 Å². The van der Waals surface area contributed by atoms with Gasteiger partial charge in [-0.05, 0) is 37.0 Å². The number of hydrogen-bond acceptors (Lipinski definition) is 4. The molecule has 3 unspecified atom stereocenters. The molecule has 0 radical (unpaired) electrons. The molecule has 2 aliphatic heterocycles. The fourth-order valence-corrected chi connectivity index (χ4v) is 4.51. The Morgan fingerprint density at radius 3 is 2.63 bits per heavy atom. The molecule has 2 bridgehead atoms. The first-order valence-electron chi connectivity index (χ1n) is 9.14. The number of carboxylic acids is 1. The second-order valence-corrected chi connectivity index (χ2v) is 7.73. The summed E-state index contributed by atoms with van der Waals surface area (Å²) in [4.78, 5) is 26.3. The Morgan fingerprint density at radius 1 is 1.30 bits per heavy atom. The number of aromatic nitrogens is 3. The zero-order valence-corrected chi connectivity index (χ0v) is 15.6. The molecule has 2 N–H and O–H groups in total. The van der Waals surface area contributed by atoms with Crippen molar-refractivity contribution in [3.63, 3.8) is 0 Å². The molecule has 2 saturated heterocycles. The van der Waals surface area contributed by atoms with E-state index in [1.807, 2.05) is 6.92 Å². The molecular formula is C18H17F4N5O3. The second kappa shape index (κ2) is 6.67. The SMILES string of the molecule is CC1CC2CC(C(=O)O)(C1)N2C(=O)Nc1ccc(C(F)(F)F)c(-n2ncc(F)n2)c1. The molecule has 12 heteroatoms. The molecule has 8 nitrogen and oxygen atoms in total. The molecule has 1 saturated carbocycles. The summed E-state index contributed by atoms with van der Waals surface area (Å²) >= 11 is 0. The van der Waals surface area contributed by atoms with Gasteiger partial charge in [0.05, 0.1) is 5.56 Å². The van der Waals surface area contributed by atoms with Gasteiger partial charge in [-0.2, -0.15) is 22.7 Å². The number of fused-ring (bicyclic) bond motifs is 2. The average Bonchev–Trinajstić information content (AvgIpc) is 3.06. The first-order valence-corrected chi connectivity index (χ1v) is 9.14. The lowest BCUT2D eigenvalue weighted by atomic mass is 9.64. The molecule has 3 atom stereocenters. The van der Waals surface area contributed by atoms with Crippen LogP contribution < -0.4 is 5.32 Å². The standard InChI is InChI=1S/C18H17F4N5O3/c1-9-4-11-7-17(6-9,15(28)29)26(11)16(30)24-10-2-3-12(18(20,21)22)13(5-10)27-23-8-14(19)25-27/h2-3,5,8-9,11H,4,6-7H2,1H3,(H,24,30)(H,28,29). The van der Waals surface area contributed by atoms with E-state index in [4.69, 9.17) is 0 Å². The molecule has 3 heterocycles. The lowest BCUT2D eigenvalue weighted by Crippen LogP contribution is -2.75. The zero-order chi connectivity index (χ0) is 21.8. The molecule has 2 aromatic rings. The Kier molecular flexibility index (Phi) is 4.47. The van der Waals surface area contributed by atoms with Gasteiger partial charge in [0.15, 0.2) is 0 Å². The number of rotatable bonds is 3. The summed E-state index contributed by atoms with van der Waals surface area (Å²) in [6.45, 7) is 1.91. The van der Waals surface area contributed by atoms with Crippen LogP contribution in [0.5, 0.6) is 0 Å². The normalized spacial score (nSPS) is 25.6. The number of nitrogens with zero attached hydrogens (tertiary/aromatic N) is 4. The van der Waals surface area contributed by atoms with E-state index in [0.717, 1.165) is 18.2 Å². The minimum atomic E-state index is -4.76. The number of benzene rings is 1. The van der Waals surface area contributed by atoms with E-state index in [-0.39, 0.29) is 17.6 Å². The summed E-state index contributed by atoms with van der Waals surface area (Å²) < 4.78 is 53.2. The van der Waals surface area contributed by atoms with E-state index < -0.39 is 40.9 Å². The van der Waals surface area contributed by atoms with Crippen LogP contribution in [0.3, 0.4) is 0 Å². The molecule has 1 aliphatic carbocycles. The highest BCUT2D eigenvalue weighted by Crippen LogP contribution is 2.50. The van der Waals surface area contributed by atoms with Gasteiger partial charge in [-0.25, -0.2) is 9.59 Å². The third-order valence-corrected chi connectivity index (χ3v) is 5.61. The Balaban J connectivity index is 1.64. The monoisotopic (exact) mass is 427 g/mol. The van der Waals surface area contributed by atoms with Crippen LogP contribution in [0.2, 0.25) is 0 Å². The fraction of sp³-hybridized carbons (Fsp3) is 0.444. The van der Waals surface area contributed by atoms with Crippen LogP contribution in [0.25, 0.3) is 5.69 Å². The molecule has 3 aliphatic rings. The zero-order valence-electron chi connectivity index (χ0n) is 15.6. The number of nitrogens with one attached hydrogen (secondary N) is 1. The van der Waals surface area contributed by atoms with Crippen molar-refractivity contribution in [3.8, 4) is 5.69 Å². The van der Waals surface area contributed by atoms with Gasteiger partial charge in [0.2, 0.25) is 0 Å². The average molecular weight is 427 g/mol. The van der Waals surface area contributed by atoms with E-state index in [9.17, 15) is 32.3 Å². The van der Waals surface area contributed by atoms with Crippen molar-refractivity contribution in [2.45, 2.75) is 43.9 Å². The summed E-state index contributed by atoms with van der Waals surface area (Å²) in [5.41, 5.74) is -3.03. The molecule has 30 heavy (non-hydrogen) atoms. The summed E-state index contributed by atoms with van der Waals surface area (Å²) in [6, 6.07) is 1.76. The number of alkyl halides is 3. The lowest BCUT2D eigenvalue weighted by molar-refractivity contribution is -0.173. The van der Waals surface area contributed by atoms with Crippen molar-refractivity contribution in [2.24, 2.45) is 5.92 Å². The van der Waals surface area contributed by atoms with Gasteiger partial charge in [0.25, 0.3) is 5.95 Å². The van der Waals surface area contributed by atoms with Gasteiger partial charge in [-0.1, -0.05) is 6.92 Å². The molecule has 2 amide bonds. The molecule has 0 spiro atoms. The molecule has 3 fully saturated rings. The quantitative estimate of drug-likeness (QED) is 0.733. The predicted octanol–water partition coefficient (Wildman–Crippen LogP) is 3.28. The maximum absolute atomic E-state index is 13.3. The van der Waals surface area contributed by atoms with Crippen molar-refractivity contribution in [1.29, 1.82) is 0 Å². The van der Waals surface area contributed by atoms with Gasteiger partial charge >= 0.3 is 18.2 Å². The van der Waals surface area contributed by atoms with Gasteiger partial charge in [-0.3, -0.25) is 0 Å². The van der Waals surface area contributed by atoms with Crippen LogP contribution in [0.4, 0.5) is 28.0 Å². The van der Waals surface area contributed by atoms with Crippen LogP contribution in [0.15, 0.2) is 24.4 Å². The van der Waals surface area contributed by atoms with Gasteiger partial charge in [0.1, 0.15) is 17.4 Å². The number of carbonyl (C=O) groups excluding carboxylic acids is 1. The number of carbonyl (C=O) groups is 2. The van der Waals surface area contributed by atoms with Crippen molar-refractivity contribution in [2.75, 3.05) is 5.32 Å². The summed E-state index contributed by atoms with van der Waals surface area (Å²) in [5, 5.41) is 18.8. The van der Waals surface area contributed by atoms with Crippen molar-refractivity contribution >= 4 is 17.7 Å². The van der Waals surface area contributed by atoms with Gasteiger partial charge < -0.3 is 15.3 Å². The van der Waals surface area contributed by atoms with E-state index in [0.29, 0.717) is 30.3 Å². The summed E-state index contributed by atoms with van der Waals surface area (Å²) in [7, 11) is 0. The number of amides is 2. The Labute approximate surface area is 167 Å². The topological polar surface area (TPSA) is 100 Å². The maximum Gasteiger partial charge on any atom is 0.418 e. The molecular weight excluding hydrogens is 410 g/mol. The van der Waals surface area contributed by atoms with Crippen molar-refractivity contribution in [3.05, 3.63) is 35.9 Å². The molecule has 1 aromatic heterocycles. The number of urea groups is 1. The second-order valence-electron chi connectivity index (χ2n) is 7.73. The first kappa shape index (κ1) is 20.1. The third-order valence-electron chi connectivity index (χ3n) is 5.61. The Bertz CT molecular complexity index is 1020. The van der Waals surface area contributed by atoms with E-state index in [2.05, 4.69) is 15.5 Å². The molecule has 1 aromatic carbocycles. The number of piperidine rings is 1. The van der Waals surface area contributed by atoms with Crippen LogP contribution in [-0.4, -0.2) is 48.6 Å². The fourth-order valence-electron chi connectivity index (χ4n) is 4.51. The van der Waals surface area contributed by atoms with E-state index in [1.165, 1.54) is 4.90 Å². The highest BCUT2D eigenvalue weighted by Gasteiger charge is 2.63. The number of aliphatic carboxylic acids is 1. The lowest BCUT2D eigenvalue weighted by Gasteiger charge is -2.60. The summed E-state index contributed by atoms with van der Waals surface area (Å²) in [6.07, 6.45) is -2.81. The van der Waals surface area contributed by atoms with E-state index >= 15 is 0 Å². The van der Waals surface area contributed by atoms with Crippen LogP contribution in [-0.2, 0) is 11.0 Å². The highest BCUT2D eigenvalue weighted by atomic mass is 19.4. The minimum absolute atomic E-state index is 0.0285. The smallest absolute Gasteiger partial charge is 0.418 e. The number of hydrogen-bond donors (Lipinski definition) is 2. The predicted molar refractivity (Wildman–Crippen MR) is 94.3 cm³/mol.